The van der Waals surface area contributed by atoms with Gasteiger partial charge in [0, 0.05) is 18.8 Å². The van der Waals surface area contributed by atoms with E-state index in [2.05, 4.69) is 20.3 Å². The Bertz CT molecular complexity index is 798. The molecule has 5 nitrogen and oxygen atoms in total. The van der Waals surface area contributed by atoms with Crippen molar-refractivity contribution in [2.45, 2.75) is 6.54 Å². The first-order valence-corrected chi connectivity index (χ1v) is 7.16. The van der Waals surface area contributed by atoms with Gasteiger partial charge < -0.3 is 10.1 Å². The van der Waals surface area contributed by atoms with Crippen LogP contribution >= 0.6 is 11.6 Å². The van der Waals surface area contributed by atoms with Gasteiger partial charge in [-0.1, -0.05) is 11.6 Å². The molecule has 7 heteroatoms. The van der Waals surface area contributed by atoms with Gasteiger partial charge in [-0.05, 0) is 35.9 Å². The van der Waals surface area contributed by atoms with E-state index >= 15 is 0 Å². The van der Waals surface area contributed by atoms with Crippen LogP contribution in [0.3, 0.4) is 0 Å². The molecule has 23 heavy (non-hydrogen) atoms. The van der Waals surface area contributed by atoms with Crippen molar-refractivity contribution in [2.24, 2.45) is 0 Å². The van der Waals surface area contributed by atoms with E-state index in [0.29, 0.717) is 29.0 Å². The van der Waals surface area contributed by atoms with E-state index in [-0.39, 0.29) is 5.82 Å². The number of rotatable bonds is 5. The summed E-state index contributed by atoms with van der Waals surface area (Å²) >= 11 is 5.99. The lowest BCUT2D eigenvalue weighted by Gasteiger charge is -2.09. The third-order valence-corrected chi connectivity index (χ3v) is 3.24. The maximum atomic E-state index is 12.9. The summed E-state index contributed by atoms with van der Waals surface area (Å²) in [7, 11) is 0. The molecule has 0 atom stereocenters. The van der Waals surface area contributed by atoms with Gasteiger partial charge >= 0.3 is 0 Å². The van der Waals surface area contributed by atoms with E-state index in [1.54, 1.807) is 24.4 Å². The first kappa shape index (κ1) is 15.2. The Kier molecular flexibility index (Phi) is 4.63. The molecule has 0 aliphatic rings. The Morgan fingerprint density at radius 1 is 1.13 bits per heavy atom. The number of pyridine rings is 1. The third kappa shape index (κ3) is 4.14. The number of nitrogens with one attached hydrogen (secondary N) is 1. The van der Waals surface area contributed by atoms with Crippen LogP contribution in [0, 0.1) is 5.82 Å². The first-order chi connectivity index (χ1) is 11.2. The van der Waals surface area contributed by atoms with Crippen LogP contribution in [-0.2, 0) is 6.54 Å². The molecule has 0 bridgehead atoms. The quantitative estimate of drug-likeness (QED) is 0.764. The number of aromatic nitrogens is 3. The van der Waals surface area contributed by atoms with Crippen molar-refractivity contribution in [2.75, 3.05) is 5.32 Å². The normalized spacial score (nSPS) is 10.3. The minimum Gasteiger partial charge on any atom is -0.439 e. The highest BCUT2D eigenvalue weighted by molar-refractivity contribution is 6.32. The summed E-state index contributed by atoms with van der Waals surface area (Å²) < 4.78 is 18.5. The number of ether oxygens (including phenoxy) is 1. The lowest BCUT2D eigenvalue weighted by atomic mass is 10.2. The van der Waals surface area contributed by atoms with Crippen molar-refractivity contribution < 1.29 is 9.13 Å². The molecule has 0 radical (unpaired) electrons. The van der Waals surface area contributed by atoms with E-state index in [4.69, 9.17) is 16.3 Å². The Hall–Kier alpha value is -2.73. The number of nitrogens with zero attached hydrogens (tertiary/aromatic N) is 3. The topological polar surface area (TPSA) is 59.9 Å². The van der Waals surface area contributed by atoms with Crippen LogP contribution in [0.2, 0.25) is 5.02 Å². The SMILES string of the molecule is Fc1ccc(Oc2cc(CNc3ncncc3Cl)ccn2)cc1. The molecular formula is C16H12ClFN4O. The number of anilines is 1. The van der Waals surface area contributed by atoms with Gasteiger partial charge in [0.05, 0.1) is 6.20 Å². The fourth-order valence-corrected chi connectivity index (χ4v) is 2.04. The van der Waals surface area contributed by atoms with Gasteiger partial charge in [-0.15, -0.1) is 0 Å². The third-order valence-electron chi connectivity index (χ3n) is 2.96. The summed E-state index contributed by atoms with van der Waals surface area (Å²) in [5.41, 5.74) is 0.937. The van der Waals surface area contributed by atoms with Gasteiger partial charge in [-0.25, -0.2) is 19.3 Å². The van der Waals surface area contributed by atoms with Gasteiger partial charge in [0.2, 0.25) is 5.88 Å². The van der Waals surface area contributed by atoms with E-state index < -0.39 is 0 Å². The Morgan fingerprint density at radius 3 is 2.74 bits per heavy atom. The first-order valence-electron chi connectivity index (χ1n) is 6.78. The molecule has 1 aromatic carbocycles. The van der Waals surface area contributed by atoms with Crippen molar-refractivity contribution in [3.8, 4) is 11.6 Å². The van der Waals surface area contributed by atoms with E-state index in [1.807, 2.05) is 6.07 Å². The molecule has 0 unspecified atom stereocenters. The van der Waals surface area contributed by atoms with Gasteiger partial charge in [0.1, 0.15) is 28.7 Å². The average Bonchev–Trinajstić information content (AvgIpc) is 2.57. The van der Waals surface area contributed by atoms with Crippen LogP contribution in [0.5, 0.6) is 11.6 Å². The molecule has 0 amide bonds. The molecule has 2 aromatic heterocycles. The maximum absolute atomic E-state index is 12.9. The average molecular weight is 331 g/mol. The minimum atomic E-state index is -0.315. The number of hydrogen-bond acceptors (Lipinski definition) is 5. The molecule has 116 valence electrons. The monoisotopic (exact) mass is 330 g/mol. The molecule has 2 heterocycles. The summed E-state index contributed by atoms with van der Waals surface area (Å²) in [6, 6.07) is 9.38. The van der Waals surface area contributed by atoms with E-state index in [0.717, 1.165) is 5.56 Å². The zero-order chi connectivity index (χ0) is 16.1. The molecule has 3 rings (SSSR count). The van der Waals surface area contributed by atoms with Gasteiger partial charge in [-0.2, -0.15) is 0 Å². The smallest absolute Gasteiger partial charge is 0.219 e. The maximum Gasteiger partial charge on any atom is 0.219 e. The second-order valence-corrected chi connectivity index (χ2v) is 5.04. The van der Waals surface area contributed by atoms with Crippen molar-refractivity contribution >= 4 is 17.4 Å². The van der Waals surface area contributed by atoms with Crippen LogP contribution < -0.4 is 10.1 Å². The van der Waals surface area contributed by atoms with Crippen LogP contribution in [-0.4, -0.2) is 15.0 Å². The predicted molar refractivity (Wildman–Crippen MR) is 85.1 cm³/mol. The van der Waals surface area contributed by atoms with Crippen LogP contribution in [0.1, 0.15) is 5.56 Å². The highest BCUT2D eigenvalue weighted by Gasteiger charge is 2.04. The minimum absolute atomic E-state index is 0.315. The predicted octanol–water partition coefficient (Wildman–Crippen LogP) is 4.07. The highest BCUT2D eigenvalue weighted by atomic mass is 35.5. The number of benzene rings is 1. The van der Waals surface area contributed by atoms with Gasteiger partial charge in [0.25, 0.3) is 0 Å². The molecule has 3 aromatic rings. The lowest BCUT2D eigenvalue weighted by molar-refractivity contribution is 0.460. The molecular weight excluding hydrogens is 319 g/mol. The van der Waals surface area contributed by atoms with Gasteiger partial charge in [0.15, 0.2) is 0 Å². The largest absolute Gasteiger partial charge is 0.439 e. The standard InChI is InChI=1S/C16H12ClFN4O/c17-14-9-19-10-22-16(14)21-8-11-5-6-20-15(7-11)23-13-3-1-12(18)2-4-13/h1-7,9-10H,8H2,(H,19,21,22). The molecule has 0 aliphatic carbocycles. The number of hydrogen-bond donors (Lipinski definition) is 1. The fourth-order valence-electron chi connectivity index (χ4n) is 1.87. The Morgan fingerprint density at radius 2 is 1.96 bits per heavy atom. The van der Waals surface area contributed by atoms with Crippen LogP contribution in [0.15, 0.2) is 55.1 Å². The summed E-state index contributed by atoms with van der Waals surface area (Å²) in [6.07, 6.45) is 4.58. The van der Waals surface area contributed by atoms with Crippen LogP contribution in [0.4, 0.5) is 10.2 Å². The Labute approximate surface area is 137 Å². The second-order valence-electron chi connectivity index (χ2n) is 4.63. The second kappa shape index (κ2) is 7.02. The molecule has 1 N–H and O–H groups in total. The molecule has 0 spiro atoms. The zero-order valence-corrected chi connectivity index (χ0v) is 12.7. The Balaban J connectivity index is 1.67. The van der Waals surface area contributed by atoms with Gasteiger partial charge in [-0.3, -0.25) is 0 Å². The fraction of sp³-hybridized carbons (Fsp3) is 0.0625. The van der Waals surface area contributed by atoms with E-state index in [1.165, 1.54) is 24.7 Å². The summed E-state index contributed by atoms with van der Waals surface area (Å²) in [4.78, 5) is 12.0. The lowest BCUT2D eigenvalue weighted by Crippen LogP contribution is -2.02. The number of halogens is 2. The zero-order valence-electron chi connectivity index (χ0n) is 11.9. The van der Waals surface area contributed by atoms with Crippen LogP contribution in [0.25, 0.3) is 0 Å². The summed E-state index contributed by atoms with van der Waals surface area (Å²) in [5.74, 6) is 1.18. The van der Waals surface area contributed by atoms with Crippen molar-refractivity contribution in [1.82, 2.24) is 15.0 Å². The van der Waals surface area contributed by atoms with Crippen molar-refractivity contribution in [1.29, 1.82) is 0 Å². The molecule has 0 aliphatic heterocycles. The van der Waals surface area contributed by atoms with Crippen molar-refractivity contribution in [3.05, 3.63) is 71.5 Å². The summed E-state index contributed by atoms with van der Waals surface area (Å²) in [6.45, 7) is 0.499. The molecule has 0 saturated carbocycles. The molecule has 0 fully saturated rings. The van der Waals surface area contributed by atoms with Crippen molar-refractivity contribution in [3.63, 3.8) is 0 Å². The molecule has 0 saturated heterocycles. The highest BCUT2D eigenvalue weighted by Crippen LogP contribution is 2.21. The summed E-state index contributed by atoms with van der Waals surface area (Å²) in [5, 5.41) is 3.56. The van der Waals surface area contributed by atoms with E-state index in [9.17, 15) is 4.39 Å².